The molecule has 2 aromatic rings. The second kappa shape index (κ2) is 5.10. The second-order valence-corrected chi connectivity index (χ2v) is 5.67. The molecule has 0 aliphatic rings. The fourth-order valence-electron chi connectivity index (χ4n) is 1.40. The number of aromatic carboxylic acids is 1. The van der Waals surface area contributed by atoms with Crippen molar-refractivity contribution < 1.29 is 22.7 Å². The van der Waals surface area contributed by atoms with Crippen molar-refractivity contribution in [3.8, 4) is 0 Å². The zero-order valence-electron chi connectivity index (χ0n) is 9.59. The summed E-state index contributed by atoms with van der Waals surface area (Å²) in [5, 5.41) is 13.6. The van der Waals surface area contributed by atoms with E-state index in [4.69, 9.17) is 16.7 Å². The van der Waals surface area contributed by atoms with Gasteiger partial charge in [0.25, 0.3) is 10.0 Å². The minimum Gasteiger partial charge on any atom is -0.478 e. The van der Waals surface area contributed by atoms with Crippen molar-refractivity contribution in [2.45, 2.75) is 5.03 Å². The van der Waals surface area contributed by atoms with E-state index in [-0.39, 0.29) is 10.7 Å². The molecule has 0 amide bonds. The minimum atomic E-state index is -4.28. The Hall–Kier alpha value is -2.13. The van der Waals surface area contributed by atoms with Crippen LogP contribution in [0.25, 0.3) is 0 Å². The van der Waals surface area contributed by atoms with Gasteiger partial charge < -0.3 is 5.11 Å². The summed E-state index contributed by atoms with van der Waals surface area (Å²) < 4.78 is 39.1. The molecule has 20 heavy (non-hydrogen) atoms. The quantitative estimate of drug-likeness (QED) is 0.794. The highest BCUT2D eigenvalue weighted by Crippen LogP contribution is 2.25. The second-order valence-electron chi connectivity index (χ2n) is 3.65. The molecule has 0 fully saturated rings. The minimum absolute atomic E-state index is 0.0358. The summed E-state index contributed by atoms with van der Waals surface area (Å²) >= 11 is 5.73. The number of rotatable bonds is 4. The van der Waals surface area contributed by atoms with Gasteiger partial charge in [0.15, 0.2) is 5.03 Å². The molecule has 0 bridgehead atoms. The van der Waals surface area contributed by atoms with Crippen molar-refractivity contribution in [2.75, 3.05) is 4.72 Å². The van der Waals surface area contributed by atoms with Gasteiger partial charge in [-0.3, -0.25) is 9.82 Å². The number of benzene rings is 1. The van der Waals surface area contributed by atoms with Gasteiger partial charge in [-0.15, -0.1) is 0 Å². The van der Waals surface area contributed by atoms with Crippen LogP contribution in [0.5, 0.6) is 0 Å². The van der Waals surface area contributed by atoms with Crippen molar-refractivity contribution in [1.82, 2.24) is 10.2 Å². The van der Waals surface area contributed by atoms with E-state index in [9.17, 15) is 17.6 Å². The number of carboxylic acids is 1. The molecule has 7 nitrogen and oxygen atoms in total. The number of anilines is 1. The van der Waals surface area contributed by atoms with Gasteiger partial charge in [0, 0.05) is 0 Å². The number of hydrogen-bond acceptors (Lipinski definition) is 4. The number of carbonyl (C=O) groups is 1. The number of H-pyrrole nitrogens is 1. The number of hydrogen-bond donors (Lipinski definition) is 3. The summed E-state index contributed by atoms with van der Waals surface area (Å²) in [5.41, 5.74) is -0.748. The topological polar surface area (TPSA) is 112 Å². The van der Waals surface area contributed by atoms with Crippen LogP contribution in [0.1, 0.15) is 10.4 Å². The van der Waals surface area contributed by atoms with E-state index in [0.29, 0.717) is 0 Å². The summed E-state index contributed by atoms with van der Waals surface area (Å²) in [6, 6.07) is 3.09. The maximum atomic E-state index is 13.1. The maximum Gasteiger partial charge on any atom is 0.340 e. The number of aromatic amines is 1. The Bertz CT molecular complexity index is 775. The van der Waals surface area contributed by atoms with Crippen LogP contribution < -0.4 is 4.72 Å². The summed E-state index contributed by atoms with van der Waals surface area (Å²) in [7, 11) is -4.28. The van der Waals surface area contributed by atoms with Crippen LogP contribution in [0.3, 0.4) is 0 Å². The van der Waals surface area contributed by atoms with E-state index in [1.54, 1.807) is 0 Å². The summed E-state index contributed by atoms with van der Waals surface area (Å²) in [5.74, 6) is -2.17. The molecule has 0 radical (unpaired) electrons. The van der Waals surface area contributed by atoms with Crippen molar-refractivity contribution >= 4 is 33.3 Å². The van der Waals surface area contributed by atoms with Crippen molar-refractivity contribution in [1.29, 1.82) is 0 Å². The third kappa shape index (κ3) is 2.73. The first-order valence-corrected chi connectivity index (χ1v) is 6.92. The Kier molecular flexibility index (Phi) is 3.64. The lowest BCUT2D eigenvalue weighted by molar-refractivity contribution is 0.0692. The van der Waals surface area contributed by atoms with Crippen molar-refractivity contribution in [3.05, 3.63) is 40.8 Å². The lowest BCUT2D eigenvalue weighted by atomic mass is 10.3. The fourth-order valence-corrected chi connectivity index (χ4v) is 2.79. The first-order valence-electron chi connectivity index (χ1n) is 5.06. The molecule has 2 rings (SSSR count). The van der Waals surface area contributed by atoms with Crippen molar-refractivity contribution in [3.63, 3.8) is 0 Å². The molecule has 0 unspecified atom stereocenters. The Labute approximate surface area is 117 Å². The Morgan fingerprint density at radius 1 is 1.45 bits per heavy atom. The van der Waals surface area contributed by atoms with E-state index in [1.807, 2.05) is 4.72 Å². The molecule has 0 saturated heterocycles. The third-order valence-corrected chi connectivity index (χ3v) is 3.94. The lowest BCUT2D eigenvalue weighted by Crippen LogP contribution is -2.17. The molecule has 106 valence electrons. The van der Waals surface area contributed by atoms with Gasteiger partial charge in [-0.1, -0.05) is 11.6 Å². The normalized spacial score (nSPS) is 11.3. The standard InChI is InChI=1S/C10H7ClFN3O4S/c11-7-2-1-5(12)3-8(7)15-20(18,19)9-6(10(16)17)4-13-14-9/h1-4,15H,(H,13,14)(H,16,17). The van der Waals surface area contributed by atoms with Crippen LogP contribution in [0.15, 0.2) is 29.4 Å². The first kappa shape index (κ1) is 14.3. The number of halogens is 2. The molecule has 10 heteroatoms. The average Bonchev–Trinajstić information content (AvgIpc) is 2.83. The monoisotopic (exact) mass is 319 g/mol. The zero-order valence-corrected chi connectivity index (χ0v) is 11.2. The van der Waals surface area contributed by atoms with Crippen LogP contribution in [0.2, 0.25) is 5.02 Å². The van der Waals surface area contributed by atoms with Gasteiger partial charge in [0.1, 0.15) is 11.4 Å². The molecule has 1 aromatic carbocycles. The van der Waals surface area contributed by atoms with Crippen LogP contribution in [0.4, 0.5) is 10.1 Å². The molecule has 0 saturated carbocycles. The van der Waals surface area contributed by atoms with E-state index in [2.05, 4.69) is 10.2 Å². The summed E-state index contributed by atoms with van der Waals surface area (Å²) in [6.07, 6.45) is 0.851. The van der Waals surface area contributed by atoms with E-state index >= 15 is 0 Å². The molecular weight excluding hydrogens is 313 g/mol. The number of sulfonamides is 1. The highest BCUT2D eigenvalue weighted by Gasteiger charge is 2.25. The van der Waals surface area contributed by atoms with E-state index in [1.165, 1.54) is 6.07 Å². The molecule has 0 aliphatic heterocycles. The highest BCUT2D eigenvalue weighted by atomic mass is 35.5. The molecule has 0 aliphatic carbocycles. The lowest BCUT2D eigenvalue weighted by Gasteiger charge is -2.08. The largest absolute Gasteiger partial charge is 0.478 e. The predicted octanol–water partition coefficient (Wildman–Crippen LogP) is 1.70. The van der Waals surface area contributed by atoms with Crippen LogP contribution in [0, 0.1) is 5.82 Å². The van der Waals surface area contributed by atoms with Gasteiger partial charge in [0.2, 0.25) is 0 Å². The highest BCUT2D eigenvalue weighted by molar-refractivity contribution is 7.92. The summed E-state index contributed by atoms with van der Waals surface area (Å²) in [6.45, 7) is 0. The van der Waals surface area contributed by atoms with E-state index in [0.717, 1.165) is 18.3 Å². The SMILES string of the molecule is O=C(O)c1cn[nH]c1S(=O)(=O)Nc1cc(F)ccc1Cl. The predicted molar refractivity (Wildman–Crippen MR) is 67.8 cm³/mol. The molecular formula is C10H7ClFN3O4S. The van der Waals surface area contributed by atoms with Gasteiger partial charge >= 0.3 is 5.97 Å². The van der Waals surface area contributed by atoms with Gasteiger partial charge in [-0.05, 0) is 18.2 Å². The van der Waals surface area contributed by atoms with Gasteiger partial charge in [0.05, 0.1) is 16.9 Å². The van der Waals surface area contributed by atoms with Crippen LogP contribution in [-0.4, -0.2) is 29.7 Å². The zero-order chi connectivity index (χ0) is 14.9. The van der Waals surface area contributed by atoms with E-state index < -0.39 is 32.4 Å². The number of aromatic nitrogens is 2. The van der Waals surface area contributed by atoms with Crippen molar-refractivity contribution in [2.24, 2.45) is 0 Å². The molecule has 0 spiro atoms. The summed E-state index contributed by atoms with van der Waals surface area (Å²) in [4.78, 5) is 10.9. The molecule has 3 N–H and O–H groups in total. The first-order chi connectivity index (χ1) is 9.31. The molecule has 1 heterocycles. The van der Waals surface area contributed by atoms with Gasteiger partial charge in [-0.2, -0.15) is 13.5 Å². The number of nitrogens with zero attached hydrogens (tertiary/aromatic N) is 1. The fraction of sp³-hybridized carbons (Fsp3) is 0. The maximum absolute atomic E-state index is 13.1. The Morgan fingerprint density at radius 3 is 2.80 bits per heavy atom. The molecule has 0 atom stereocenters. The van der Waals surface area contributed by atoms with Gasteiger partial charge in [-0.25, -0.2) is 9.18 Å². The molecule has 1 aromatic heterocycles. The average molecular weight is 320 g/mol. The third-order valence-electron chi connectivity index (χ3n) is 2.28. The number of carboxylic acid groups (broad SMARTS) is 1. The Balaban J connectivity index is 2.44. The van der Waals surface area contributed by atoms with Crippen LogP contribution in [-0.2, 0) is 10.0 Å². The Morgan fingerprint density at radius 2 is 2.15 bits per heavy atom. The van der Waals surface area contributed by atoms with Crippen LogP contribution >= 0.6 is 11.6 Å². The smallest absolute Gasteiger partial charge is 0.340 e. The number of nitrogens with one attached hydrogen (secondary N) is 2.